The number of Topliss-reactive ketones (excluding diaryl/α,β-unsaturated/α-hetero) is 1. The lowest BCUT2D eigenvalue weighted by Crippen LogP contribution is -2.18. The fraction of sp³-hybridized carbons (Fsp3) is 0.353. The number of aromatic amines is 1. The van der Waals surface area contributed by atoms with E-state index in [4.69, 9.17) is 4.74 Å². The van der Waals surface area contributed by atoms with Crippen molar-refractivity contribution in [1.82, 2.24) is 14.4 Å². The molecule has 0 atom stereocenters. The maximum Gasteiger partial charge on any atom is 0.274 e. The molecule has 2 aromatic heterocycles. The van der Waals surface area contributed by atoms with Crippen LogP contribution in [0.25, 0.3) is 16.6 Å². The molecule has 0 amide bonds. The normalized spacial score (nSPS) is 16.1. The summed E-state index contributed by atoms with van der Waals surface area (Å²) in [4.78, 5) is 31.0. The average molecular weight is 329 g/mol. The van der Waals surface area contributed by atoms with Crippen molar-refractivity contribution in [2.45, 2.75) is 25.7 Å². The lowest BCUT2D eigenvalue weighted by Gasteiger charge is -2.21. The van der Waals surface area contributed by atoms with Gasteiger partial charge in [-0.15, -0.1) is 0 Å². The molecule has 0 bridgehead atoms. The minimum Gasteiger partial charge on any atom is -0.381 e. The van der Waals surface area contributed by atoms with Crippen molar-refractivity contribution in [1.29, 1.82) is 0 Å². The predicted octanol–water partition coefficient (Wildman–Crippen LogP) is 2.41. The van der Waals surface area contributed by atoms with E-state index in [1.165, 1.54) is 25.3 Å². The second-order valence-corrected chi connectivity index (χ2v) is 6.08. The summed E-state index contributed by atoms with van der Waals surface area (Å²) in [7, 11) is 0. The maximum absolute atomic E-state index is 14.3. The average Bonchev–Trinajstić information content (AvgIpc) is 3.02. The number of hydrogen-bond donors (Lipinski definition) is 1. The maximum atomic E-state index is 14.3. The Morgan fingerprint density at radius 3 is 2.79 bits per heavy atom. The molecule has 1 saturated heterocycles. The van der Waals surface area contributed by atoms with Crippen molar-refractivity contribution in [3.8, 4) is 0 Å². The van der Waals surface area contributed by atoms with Gasteiger partial charge in [0, 0.05) is 25.2 Å². The highest BCUT2D eigenvalue weighted by molar-refractivity contribution is 5.97. The third kappa shape index (κ3) is 2.24. The van der Waals surface area contributed by atoms with Gasteiger partial charge in [-0.05, 0) is 25.8 Å². The van der Waals surface area contributed by atoms with Crippen LogP contribution >= 0.6 is 0 Å². The second-order valence-electron chi connectivity index (χ2n) is 6.08. The minimum absolute atomic E-state index is 0.0368. The second kappa shape index (κ2) is 5.52. The molecule has 0 aliphatic carbocycles. The third-order valence-electron chi connectivity index (χ3n) is 4.56. The number of nitrogens with one attached hydrogen (secondary N) is 1. The van der Waals surface area contributed by atoms with Crippen molar-refractivity contribution >= 4 is 22.3 Å². The molecule has 24 heavy (non-hydrogen) atoms. The fourth-order valence-electron chi connectivity index (χ4n) is 3.33. The number of carbonyl (C=O) groups excluding carboxylic acids is 1. The van der Waals surface area contributed by atoms with E-state index >= 15 is 0 Å². The standard InChI is InChI=1S/C17H16FN3O3/c1-9(22)11-6-13-14(7-12(11)18)21-15(17(23)20-13)8-19-16(21)10-2-4-24-5-3-10/h6-8,10H,2-5H2,1H3,(H,20,23). The molecule has 3 heterocycles. The smallest absolute Gasteiger partial charge is 0.274 e. The first-order valence-corrected chi connectivity index (χ1v) is 7.88. The molecule has 0 saturated carbocycles. The molecule has 0 unspecified atom stereocenters. The highest BCUT2D eigenvalue weighted by Crippen LogP contribution is 2.28. The van der Waals surface area contributed by atoms with Crippen LogP contribution in [0, 0.1) is 5.82 Å². The van der Waals surface area contributed by atoms with Gasteiger partial charge in [-0.2, -0.15) is 0 Å². The van der Waals surface area contributed by atoms with Gasteiger partial charge < -0.3 is 9.72 Å². The van der Waals surface area contributed by atoms with E-state index in [0.29, 0.717) is 29.8 Å². The Hall–Kier alpha value is -2.54. The van der Waals surface area contributed by atoms with E-state index in [0.717, 1.165) is 18.7 Å². The summed E-state index contributed by atoms with van der Waals surface area (Å²) in [6, 6.07) is 2.68. The summed E-state index contributed by atoms with van der Waals surface area (Å²) < 4.78 is 21.4. The van der Waals surface area contributed by atoms with Gasteiger partial charge in [0.1, 0.15) is 17.2 Å². The summed E-state index contributed by atoms with van der Waals surface area (Å²) in [6.07, 6.45) is 3.13. The van der Waals surface area contributed by atoms with Gasteiger partial charge in [0.15, 0.2) is 5.78 Å². The van der Waals surface area contributed by atoms with Crippen LogP contribution in [0.4, 0.5) is 4.39 Å². The number of ketones is 1. The topological polar surface area (TPSA) is 76.5 Å². The molecule has 124 valence electrons. The summed E-state index contributed by atoms with van der Waals surface area (Å²) in [5.41, 5.74) is 0.954. The third-order valence-corrected chi connectivity index (χ3v) is 4.56. The van der Waals surface area contributed by atoms with Gasteiger partial charge in [0.05, 0.1) is 22.8 Å². The van der Waals surface area contributed by atoms with Crippen LogP contribution in [0.2, 0.25) is 0 Å². The number of hydrogen-bond acceptors (Lipinski definition) is 4. The molecule has 1 aliphatic rings. The summed E-state index contributed by atoms with van der Waals surface area (Å²) in [5, 5.41) is 0. The van der Waals surface area contributed by atoms with Crippen LogP contribution in [0.5, 0.6) is 0 Å². The Morgan fingerprint density at radius 1 is 1.33 bits per heavy atom. The van der Waals surface area contributed by atoms with Crippen LogP contribution in [0.1, 0.15) is 41.9 Å². The summed E-state index contributed by atoms with van der Waals surface area (Å²) in [6.45, 7) is 2.58. The fourth-order valence-corrected chi connectivity index (χ4v) is 3.33. The Morgan fingerprint density at radius 2 is 2.08 bits per heavy atom. The van der Waals surface area contributed by atoms with Gasteiger partial charge in [-0.3, -0.25) is 14.0 Å². The number of carbonyl (C=O) groups is 1. The Balaban J connectivity index is 2.04. The Kier molecular flexibility index (Phi) is 3.45. The van der Waals surface area contributed by atoms with E-state index in [9.17, 15) is 14.0 Å². The molecule has 1 N–H and O–H groups in total. The van der Waals surface area contributed by atoms with Crippen molar-refractivity contribution in [2.24, 2.45) is 0 Å². The molecule has 6 nitrogen and oxygen atoms in total. The van der Waals surface area contributed by atoms with Crippen molar-refractivity contribution in [3.63, 3.8) is 0 Å². The number of rotatable bonds is 2. The van der Waals surface area contributed by atoms with Crippen LogP contribution < -0.4 is 5.56 Å². The SMILES string of the molecule is CC(=O)c1cc2[nH]c(=O)c3cnc(C4CCOCC4)n3c2cc1F. The van der Waals surface area contributed by atoms with E-state index < -0.39 is 5.82 Å². The number of H-pyrrole nitrogens is 1. The minimum atomic E-state index is -0.602. The van der Waals surface area contributed by atoms with E-state index in [2.05, 4.69) is 9.97 Å². The van der Waals surface area contributed by atoms with Gasteiger partial charge in [0.25, 0.3) is 5.56 Å². The first kappa shape index (κ1) is 15.0. The molecule has 1 fully saturated rings. The molecule has 0 spiro atoms. The quantitative estimate of drug-likeness (QED) is 0.733. The first-order chi connectivity index (χ1) is 11.6. The molecule has 4 rings (SSSR count). The lowest BCUT2D eigenvalue weighted by molar-refractivity contribution is 0.0835. The van der Waals surface area contributed by atoms with Gasteiger partial charge >= 0.3 is 0 Å². The van der Waals surface area contributed by atoms with Gasteiger partial charge in [-0.25, -0.2) is 9.37 Å². The Bertz CT molecular complexity index is 1020. The molecule has 0 radical (unpaired) electrons. The Labute approximate surface area is 136 Å². The molecule has 1 aromatic carbocycles. The first-order valence-electron chi connectivity index (χ1n) is 7.88. The number of benzene rings is 1. The summed E-state index contributed by atoms with van der Waals surface area (Å²) >= 11 is 0. The highest BCUT2D eigenvalue weighted by Gasteiger charge is 2.23. The van der Waals surface area contributed by atoms with Crippen molar-refractivity contribution < 1.29 is 13.9 Å². The van der Waals surface area contributed by atoms with Crippen molar-refractivity contribution in [3.05, 3.63) is 45.9 Å². The monoisotopic (exact) mass is 329 g/mol. The van der Waals surface area contributed by atoms with E-state index in [-0.39, 0.29) is 22.8 Å². The van der Waals surface area contributed by atoms with E-state index in [1.54, 1.807) is 4.40 Å². The lowest BCUT2D eigenvalue weighted by atomic mass is 9.99. The number of ether oxygens (including phenoxy) is 1. The number of halogens is 1. The van der Waals surface area contributed by atoms with Crippen molar-refractivity contribution in [2.75, 3.05) is 13.2 Å². The number of nitrogens with zero attached hydrogens (tertiary/aromatic N) is 2. The molecule has 1 aliphatic heterocycles. The zero-order chi connectivity index (χ0) is 16.8. The highest BCUT2D eigenvalue weighted by atomic mass is 19.1. The zero-order valence-corrected chi connectivity index (χ0v) is 13.1. The van der Waals surface area contributed by atoms with Crippen LogP contribution in [0.3, 0.4) is 0 Å². The van der Waals surface area contributed by atoms with Gasteiger partial charge in [0.2, 0.25) is 0 Å². The predicted molar refractivity (Wildman–Crippen MR) is 86.1 cm³/mol. The number of imidazole rings is 1. The van der Waals surface area contributed by atoms with E-state index in [1.807, 2.05) is 0 Å². The van der Waals surface area contributed by atoms with Gasteiger partial charge in [-0.1, -0.05) is 0 Å². The molecule has 7 heteroatoms. The van der Waals surface area contributed by atoms with Crippen LogP contribution in [0.15, 0.2) is 23.1 Å². The molecule has 3 aromatic rings. The summed E-state index contributed by atoms with van der Waals surface area (Å²) in [5.74, 6) is -0.0956. The number of aromatic nitrogens is 3. The largest absolute Gasteiger partial charge is 0.381 e. The molecular weight excluding hydrogens is 313 g/mol. The number of fused-ring (bicyclic) bond motifs is 3. The van der Waals surface area contributed by atoms with Crippen LogP contribution in [-0.4, -0.2) is 33.4 Å². The molecular formula is C17H16FN3O3. The van der Waals surface area contributed by atoms with Crippen LogP contribution in [-0.2, 0) is 4.74 Å². The zero-order valence-electron chi connectivity index (χ0n) is 13.1.